The molecule has 0 aliphatic rings. The van der Waals surface area contributed by atoms with Gasteiger partial charge in [-0.25, -0.2) is 0 Å². The highest BCUT2D eigenvalue weighted by molar-refractivity contribution is 9.10. The van der Waals surface area contributed by atoms with Crippen LogP contribution >= 0.6 is 15.9 Å². The lowest BCUT2D eigenvalue weighted by Gasteiger charge is -2.19. The fraction of sp³-hybridized carbons (Fsp3) is 0.179. The quantitative estimate of drug-likeness (QED) is 0.272. The summed E-state index contributed by atoms with van der Waals surface area (Å²) in [5.41, 5.74) is 3.31. The van der Waals surface area contributed by atoms with Gasteiger partial charge in [0.1, 0.15) is 27.5 Å². The summed E-state index contributed by atoms with van der Waals surface area (Å²) in [5.74, 6) is 2.88. The Labute approximate surface area is 198 Å². The van der Waals surface area contributed by atoms with Crippen LogP contribution in [0.5, 0.6) is 23.0 Å². The Morgan fingerprint density at radius 3 is 2.16 bits per heavy atom. The van der Waals surface area contributed by atoms with E-state index in [1.165, 1.54) is 5.56 Å². The molecule has 3 nitrogen and oxygen atoms in total. The molecule has 4 rings (SSSR count). The Morgan fingerprint density at radius 2 is 1.41 bits per heavy atom. The Morgan fingerprint density at radius 1 is 0.750 bits per heavy atom. The van der Waals surface area contributed by atoms with Crippen LogP contribution < -0.4 is 9.47 Å². The molecule has 0 aliphatic heterocycles. The molecule has 0 N–H and O–H groups in total. The van der Waals surface area contributed by atoms with E-state index < -0.39 is 0 Å². The summed E-state index contributed by atoms with van der Waals surface area (Å²) in [6.07, 6.45) is 2.85. The van der Waals surface area contributed by atoms with Gasteiger partial charge in [0.2, 0.25) is 0 Å². The summed E-state index contributed by atoms with van der Waals surface area (Å²) in [6.45, 7) is 6.73. The molecule has 0 saturated carbocycles. The van der Waals surface area contributed by atoms with Crippen molar-refractivity contribution in [3.8, 4) is 34.3 Å². The van der Waals surface area contributed by atoms with E-state index in [1.54, 1.807) is 0 Å². The zero-order chi connectivity index (χ0) is 22.6. The fourth-order valence-corrected chi connectivity index (χ4v) is 3.92. The first-order chi connectivity index (χ1) is 15.4. The van der Waals surface area contributed by atoms with Crippen LogP contribution in [0.25, 0.3) is 11.3 Å². The lowest BCUT2D eigenvalue weighted by Crippen LogP contribution is -2.09. The highest BCUT2D eigenvalue weighted by Crippen LogP contribution is 2.41. The monoisotopic (exact) mass is 487 g/mol. The molecule has 0 fully saturated rings. The Hall–Kier alpha value is -3.11. The maximum absolute atomic E-state index is 6.35. The first-order valence-electron chi connectivity index (χ1n) is 10.6. The van der Waals surface area contributed by atoms with Crippen molar-refractivity contribution in [2.75, 3.05) is 0 Å². The van der Waals surface area contributed by atoms with E-state index in [2.05, 4.69) is 53.8 Å². The van der Waals surface area contributed by atoms with Crippen molar-refractivity contribution < 1.29 is 9.47 Å². The van der Waals surface area contributed by atoms with E-state index in [0.717, 1.165) is 33.6 Å². The maximum Gasteiger partial charge on any atom is 0.145 e. The molecule has 0 amide bonds. The molecule has 0 radical (unpaired) electrons. The van der Waals surface area contributed by atoms with E-state index in [-0.39, 0.29) is 5.41 Å². The first kappa shape index (κ1) is 22.1. The smallest absolute Gasteiger partial charge is 0.145 e. The molecule has 4 aromatic rings. The normalized spacial score (nSPS) is 11.2. The van der Waals surface area contributed by atoms with Crippen LogP contribution in [0.3, 0.4) is 0 Å². The van der Waals surface area contributed by atoms with Crippen molar-refractivity contribution in [2.24, 2.45) is 5.41 Å². The van der Waals surface area contributed by atoms with E-state index in [1.807, 2.05) is 79.0 Å². The minimum atomic E-state index is 0.207. The fourth-order valence-electron chi connectivity index (χ4n) is 3.49. The molecule has 3 aromatic carbocycles. The van der Waals surface area contributed by atoms with Crippen LogP contribution in [0.2, 0.25) is 0 Å². The number of hydrogen-bond donors (Lipinski definition) is 0. The van der Waals surface area contributed by atoms with Gasteiger partial charge >= 0.3 is 0 Å². The Bertz CT molecular complexity index is 1200. The van der Waals surface area contributed by atoms with Crippen LogP contribution in [0.4, 0.5) is 0 Å². The molecular weight excluding hydrogens is 462 g/mol. The molecule has 1 heterocycles. The Balaban J connectivity index is 1.64. The van der Waals surface area contributed by atoms with Gasteiger partial charge in [0.25, 0.3) is 0 Å². The zero-order valence-electron chi connectivity index (χ0n) is 18.5. The largest absolute Gasteiger partial charge is 0.456 e. The van der Waals surface area contributed by atoms with Gasteiger partial charge < -0.3 is 9.47 Å². The third-order valence-corrected chi connectivity index (χ3v) is 5.62. The third-order valence-electron chi connectivity index (χ3n) is 4.84. The van der Waals surface area contributed by atoms with Crippen LogP contribution in [-0.4, -0.2) is 4.98 Å². The summed E-state index contributed by atoms with van der Waals surface area (Å²) in [6, 6.07) is 27.7. The van der Waals surface area contributed by atoms with Gasteiger partial charge in [-0.2, -0.15) is 0 Å². The third kappa shape index (κ3) is 5.57. The number of nitrogens with zero attached hydrogens (tertiary/aromatic N) is 1. The highest BCUT2D eigenvalue weighted by Gasteiger charge is 2.15. The van der Waals surface area contributed by atoms with Crippen molar-refractivity contribution in [1.82, 2.24) is 4.98 Å². The first-order valence-corrected chi connectivity index (χ1v) is 11.4. The number of hydrogen-bond acceptors (Lipinski definition) is 3. The van der Waals surface area contributed by atoms with E-state index in [4.69, 9.17) is 9.47 Å². The summed E-state index contributed by atoms with van der Waals surface area (Å²) in [7, 11) is 0. The van der Waals surface area contributed by atoms with E-state index in [0.29, 0.717) is 11.5 Å². The second-order valence-electron chi connectivity index (χ2n) is 8.87. The lowest BCUT2D eigenvalue weighted by atomic mass is 9.88. The predicted octanol–water partition coefficient (Wildman–Crippen LogP) is 8.68. The summed E-state index contributed by atoms with van der Waals surface area (Å²) < 4.78 is 13.1. The van der Waals surface area contributed by atoms with Crippen molar-refractivity contribution >= 4 is 15.9 Å². The van der Waals surface area contributed by atoms with Gasteiger partial charge in [-0.15, -0.1) is 0 Å². The van der Waals surface area contributed by atoms with Gasteiger partial charge in [-0.3, -0.25) is 4.98 Å². The molecule has 162 valence electrons. The number of para-hydroxylation sites is 2. The molecule has 0 spiro atoms. The Kier molecular flexibility index (Phi) is 6.61. The molecule has 4 heteroatoms. The van der Waals surface area contributed by atoms with Crippen molar-refractivity contribution in [1.29, 1.82) is 0 Å². The topological polar surface area (TPSA) is 31.4 Å². The molecule has 0 aliphatic carbocycles. The van der Waals surface area contributed by atoms with Crippen LogP contribution in [0, 0.1) is 5.41 Å². The van der Waals surface area contributed by atoms with Gasteiger partial charge in [0.15, 0.2) is 0 Å². The molecular formula is C28H26BrNO2. The number of aromatic nitrogens is 1. The van der Waals surface area contributed by atoms with E-state index in [9.17, 15) is 0 Å². The lowest BCUT2D eigenvalue weighted by molar-refractivity contribution is 0.411. The summed E-state index contributed by atoms with van der Waals surface area (Å²) in [4.78, 5) is 4.62. The number of rotatable bonds is 6. The summed E-state index contributed by atoms with van der Waals surface area (Å²) >= 11 is 3.66. The van der Waals surface area contributed by atoms with Crippen molar-refractivity contribution in [2.45, 2.75) is 27.2 Å². The van der Waals surface area contributed by atoms with Crippen LogP contribution in [0.15, 0.2) is 95.6 Å². The van der Waals surface area contributed by atoms with E-state index >= 15 is 0 Å². The van der Waals surface area contributed by atoms with Gasteiger partial charge in [0.05, 0.1) is 5.69 Å². The minimum Gasteiger partial charge on any atom is -0.456 e. The van der Waals surface area contributed by atoms with Crippen molar-refractivity contribution in [3.63, 3.8) is 0 Å². The molecule has 0 saturated heterocycles. The second kappa shape index (κ2) is 9.58. The number of halogens is 1. The SMILES string of the molecule is CC(C)(C)Cc1ccnc(-c2ccccc2Oc2cccc(Oc3ccccc3)c2Br)c1. The molecule has 0 atom stereocenters. The molecule has 32 heavy (non-hydrogen) atoms. The number of pyridine rings is 1. The second-order valence-corrected chi connectivity index (χ2v) is 9.66. The predicted molar refractivity (Wildman–Crippen MR) is 134 cm³/mol. The highest BCUT2D eigenvalue weighted by atomic mass is 79.9. The number of ether oxygens (including phenoxy) is 2. The van der Waals surface area contributed by atoms with Crippen LogP contribution in [0.1, 0.15) is 26.3 Å². The molecule has 0 unspecified atom stereocenters. The van der Waals surface area contributed by atoms with Gasteiger partial charge in [-0.05, 0) is 81.9 Å². The average molecular weight is 488 g/mol. The summed E-state index contributed by atoms with van der Waals surface area (Å²) in [5, 5.41) is 0. The molecule has 1 aromatic heterocycles. The van der Waals surface area contributed by atoms with Crippen LogP contribution in [-0.2, 0) is 6.42 Å². The van der Waals surface area contributed by atoms with Gasteiger partial charge in [-0.1, -0.05) is 57.2 Å². The number of benzene rings is 3. The zero-order valence-corrected chi connectivity index (χ0v) is 20.1. The maximum atomic E-state index is 6.35. The van der Waals surface area contributed by atoms with Crippen molar-refractivity contribution in [3.05, 3.63) is 101 Å². The average Bonchev–Trinajstić information content (AvgIpc) is 2.77. The minimum absolute atomic E-state index is 0.207. The van der Waals surface area contributed by atoms with Gasteiger partial charge in [0, 0.05) is 11.8 Å². The molecule has 0 bridgehead atoms. The standard InChI is InChI=1S/C28H26BrNO2/c1-28(2,3)19-20-16-17-30-23(18-20)22-12-7-8-13-24(22)32-26-15-9-14-25(27(26)29)31-21-10-5-4-6-11-21/h4-18H,19H2,1-3H3.